The summed E-state index contributed by atoms with van der Waals surface area (Å²) >= 11 is 0. The predicted molar refractivity (Wildman–Crippen MR) is 86.3 cm³/mol. The Morgan fingerprint density at radius 1 is 1.05 bits per heavy atom. The van der Waals surface area contributed by atoms with E-state index in [2.05, 4.69) is 53.8 Å². The van der Waals surface area contributed by atoms with Gasteiger partial charge in [-0.15, -0.1) is 0 Å². The van der Waals surface area contributed by atoms with Crippen LogP contribution in [0.5, 0.6) is 0 Å². The summed E-state index contributed by atoms with van der Waals surface area (Å²) in [7, 11) is 0. The zero-order valence-corrected chi connectivity index (χ0v) is 12.3. The van der Waals surface area contributed by atoms with Crippen molar-refractivity contribution in [1.29, 1.82) is 0 Å². The number of benzene rings is 2. The minimum Gasteiger partial charge on any atom is -0.395 e. The van der Waals surface area contributed by atoms with Gasteiger partial charge in [0.25, 0.3) is 0 Å². The predicted octanol–water partition coefficient (Wildman–Crippen LogP) is 3.26. The standard InChI is InChI=1S/C19H23NO/c21-14-17(13-15-7-2-1-3-8-15)20-19-12-6-10-16-9-4-5-11-18(16)19/h1-5,7-9,11,17,19-21H,6,10,12-14H2/t17-,19?/m0/s1. The zero-order valence-electron chi connectivity index (χ0n) is 12.3. The van der Waals surface area contributed by atoms with Crippen LogP contribution < -0.4 is 5.32 Å². The molecule has 0 saturated heterocycles. The first-order valence-electron chi connectivity index (χ1n) is 7.85. The Hall–Kier alpha value is -1.64. The number of fused-ring (bicyclic) bond motifs is 1. The first-order chi connectivity index (χ1) is 10.4. The van der Waals surface area contributed by atoms with Gasteiger partial charge in [-0.05, 0) is 42.4 Å². The van der Waals surface area contributed by atoms with Gasteiger partial charge in [-0.1, -0.05) is 54.6 Å². The maximum Gasteiger partial charge on any atom is 0.0588 e. The molecule has 2 N–H and O–H groups in total. The topological polar surface area (TPSA) is 32.3 Å². The summed E-state index contributed by atoms with van der Waals surface area (Å²) in [6.07, 6.45) is 4.42. The molecule has 1 aliphatic carbocycles. The Bertz CT molecular complexity index is 567. The van der Waals surface area contributed by atoms with Crippen molar-refractivity contribution in [2.75, 3.05) is 6.61 Å². The molecule has 2 aromatic rings. The molecule has 110 valence electrons. The molecule has 3 rings (SSSR count). The summed E-state index contributed by atoms with van der Waals surface area (Å²) in [6.45, 7) is 0.174. The Morgan fingerprint density at radius 2 is 1.81 bits per heavy atom. The van der Waals surface area contributed by atoms with Crippen molar-refractivity contribution >= 4 is 0 Å². The second kappa shape index (κ2) is 6.88. The lowest BCUT2D eigenvalue weighted by molar-refractivity contribution is 0.225. The van der Waals surface area contributed by atoms with E-state index in [1.54, 1.807) is 0 Å². The van der Waals surface area contributed by atoms with Crippen molar-refractivity contribution in [3.63, 3.8) is 0 Å². The van der Waals surface area contributed by atoms with Gasteiger partial charge in [-0.25, -0.2) is 0 Å². The number of hydrogen-bond donors (Lipinski definition) is 2. The van der Waals surface area contributed by atoms with Gasteiger partial charge in [0.15, 0.2) is 0 Å². The van der Waals surface area contributed by atoms with E-state index in [1.165, 1.54) is 29.5 Å². The van der Waals surface area contributed by atoms with Crippen LogP contribution in [0.4, 0.5) is 0 Å². The van der Waals surface area contributed by atoms with E-state index >= 15 is 0 Å². The maximum atomic E-state index is 9.70. The molecule has 0 heterocycles. The fraction of sp³-hybridized carbons (Fsp3) is 0.368. The highest BCUT2D eigenvalue weighted by molar-refractivity contribution is 5.32. The Kier molecular flexibility index (Phi) is 4.69. The van der Waals surface area contributed by atoms with Gasteiger partial charge in [-0.3, -0.25) is 0 Å². The largest absolute Gasteiger partial charge is 0.395 e. The average molecular weight is 281 g/mol. The van der Waals surface area contributed by atoms with Gasteiger partial charge < -0.3 is 10.4 Å². The summed E-state index contributed by atoms with van der Waals surface area (Å²) in [5.74, 6) is 0. The molecular weight excluding hydrogens is 258 g/mol. The molecule has 0 radical (unpaired) electrons. The van der Waals surface area contributed by atoms with E-state index in [1.807, 2.05) is 6.07 Å². The third-order valence-corrected chi connectivity index (χ3v) is 4.35. The van der Waals surface area contributed by atoms with Gasteiger partial charge in [0.1, 0.15) is 0 Å². The van der Waals surface area contributed by atoms with E-state index < -0.39 is 0 Å². The molecule has 2 heteroatoms. The van der Waals surface area contributed by atoms with Crippen molar-refractivity contribution in [3.8, 4) is 0 Å². The molecule has 21 heavy (non-hydrogen) atoms. The molecule has 1 unspecified atom stereocenters. The Balaban J connectivity index is 1.70. The molecule has 2 nitrogen and oxygen atoms in total. The number of nitrogens with one attached hydrogen (secondary N) is 1. The number of aliphatic hydroxyl groups excluding tert-OH is 1. The number of hydrogen-bond acceptors (Lipinski definition) is 2. The third-order valence-electron chi connectivity index (χ3n) is 4.35. The Morgan fingerprint density at radius 3 is 2.62 bits per heavy atom. The van der Waals surface area contributed by atoms with Crippen LogP contribution in [0.15, 0.2) is 54.6 Å². The summed E-state index contributed by atoms with van der Waals surface area (Å²) in [6, 6.07) is 19.6. The third kappa shape index (κ3) is 3.52. The first kappa shape index (κ1) is 14.3. The van der Waals surface area contributed by atoms with E-state index in [9.17, 15) is 5.11 Å². The fourth-order valence-corrected chi connectivity index (χ4v) is 3.29. The lowest BCUT2D eigenvalue weighted by atomic mass is 9.87. The highest BCUT2D eigenvalue weighted by atomic mass is 16.3. The van der Waals surface area contributed by atoms with Crippen molar-refractivity contribution in [2.24, 2.45) is 0 Å². The van der Waals surface area contributed by atoms with Crippen LogP contribution in [-0.4, -0.2) is 17.8 Å². The SMILES string of the molecule is OC[C@H](Cc1ccccc1)NC1CCCc2ccccc21. The molecule has 1 aliphatic rings. The highest BCUT2D eigenvalue weighted by Crippen LogP contribution is 2.29. The van der Waals surface area contributed by atoms with Gasteiger partial charge in [0, 0.05) is 12.1 Å². The molecule has 0 bridgehead atoms. The average Bonchev–Trinajstić information content (AvgIpc) is 2.55. The van der Waals surface area contributed by atoms with Gasteiger partial charge >= 0.3 is 0 Å². The minimum atomic E-state index is 0.114. The van der Waals surface area contributed by atoms with Crippen molar-refractivity contribution in [3.05, 3.63) is 71.3 Å². The first-order valence-corrected chi connectivity index (χ1v) is 7.85. The summed E-state index contributed by atoms with van der Waals surface area (Å²) in [5, 5.41) is 13.4. The molecule has 0 amide bonds. The van der Waals surface area contributed by atoms with Crippen molar-refractivity contribution < 1.29 is 5.11 Å². The minimum absolute atomic E-state index is 0.114. The number of rotatable bonds is 5. The van der Waals surface area contributed by atoms with Crippen LogP contribution in [-0.2, 0) is 12.8 Å². The quantitative estimate of drug-likeness (QED) is 0.881. The number of aliphatic hydroxyl groups is 1. The second-order valence-corrected chi connectivity index (χ2v) is 5.88. The highest BCUT2D eigenvalue weighted by Gasteiger charge is 2.22. The van der Waals surface area contributed by atoms with E-state index in [4.69, 9.17) is 0 Å². The molecule has 0 aromatic heterocycles. The molecule has 0 saturated carbocycles. The normalized spacial score (nSPS) is 19.0. The summed E-state index contributed by atoms with van der Waals surface area (Å²) in [5.41, 5.74) is 4.14. The number of aryl methyl sites for hydroxylation is 1. The van der Waals surface area contributed by atoms with Crippen LogP contribution in [0.25, 0.3) is 0 Å². The van der Waals surface area contributed by atoms with Gasteiger partial charge in [0.2, 0.25) is 0 Å². The molecule has 0 aliphatic heterocycles. The van der Waals surface area contributed by atoms with Gasteiger partial charge in [0.05, 0.1) is 6.61 Å². The Labute approximate surface area is 126 Å². The fourth-order valence-electron chi connectivity index (χ4n) is 3.29. The monoisotopic (exact) mass is 281 g/mol. The van der Waals surface area contributed by atoms with E-state index in [-0.39, 0.29) is 12.6 Å². The molecule has 2 atom stereocenters. The van der Waals surface area contributed by atoms with Crippen molar-refractivity contribution in [1.82, 2.24) is 5.32 Å². The van der Waals surface area contributed by atoms with Crippen LogP contribution in [0, 0.1) is 0 Å². The summed E-state index contributed by atoms with van der Waals surface area (Å²) in [4.78, 5) is 0. The molecular formula is C19H23NO. The van der Waals surface area contributed by atoms with E-state index in [0.29, 0.717) is 6.04 Å². The maximum absolute atomic E-state index is 9.70. The van der Waals surface area contributed by atoms with Crippen LogP contribution in [0.3, 0.4) is 0 Å². The van der Waals surface area contributed by atoms with Crippen LogP contribution >= 0.6 is 0 Å². The van der Waals surface area contributed by atoms with Crippen LogP contribution in [0.2, 0.25) is 0 Å². The lowest BCUT2D eigenvalue weighted by Crippen LogP contribution is -2.38. The van der Waals surface area contributed by atoms with E-state index in [0.717, 1.165) is 12.8 Å². The van der Waals surface area contributed by atoms with Gasteiger partial charge in [-0.2, -0.15) is 0 Å². The molecule has 2 aromatic carbocycles. The van der Waals surface area contributed by atoms with Crippen LogP contribution in [0.1, 0.15) is 35.6 Å². The zero-order chi connectivity index (χ0) is 14.5. The molecule has 0 fully saturated rings. The second-order valence-electron chi connectivity index (χ2n) is 5.88. The van der Waals surface area contributed by atoms with Crippen molar-refractivity contribution in [2.45, 2.75) is 37.8 Å². The smallest absolute Gasteiger partial charge is 0.0588 e. The summed E-state index contributed by atoms with van der Waals surface area (Å²) < 4.78 is 0. The molecule has 0 spiro atoms. The lowest BCUT2D eigenvalue weighted by Gasteiger charge is -2.30.